The van der Waals surface area contributed by atoms with Gasteiger partial charge in [-0.2, -0.15) is 5.26 Å². The molecule has 2 aliphatic rings. The molecular weight excluding hydrogens is 460 g/mol. The van der Waals surface area contributed by atoms with E-state index in [1.165, 1.54) is 11.8 Å². The van der Waals surface area contributed by atoms with Crippen molar-refractivity contribution < 1.29 is 19.1 Å². The fourth-order valence-electron chi connectivity index (χ4n) is 4.62. The van der Waals surface area contributed by atoms with Gasteiger partial charge in [-0.15, -0.1) is 0 Å². The maximum Gasteiger partial charge on any atom is 0.173 e. The van der Waals surface area contributed by atoms with E-state index in [9.17, 15) is 14.9 Å². The number of Topliss-reactive ketones (excluding diaryl/α,β-unsaturated/α-hetero) is 2. The van der Waals surface area contributed by atoms with Crippen LogP contribution < -0.4 is 14.8 Å². The lowest BCUT2D eigenvalue weighted by Gasteiger charge is -2.39. The summed E-state index contributed by atoms with van der Waals surface area (Å²) in [4.78, 5) is 26.2. The standard InChI is InChI=1S/C28H28N2O4S/c1-28(2)13-22-26(23(31)14-28)25(18-7-11-20(34-4)12-8-18)21(15-29)27(30-22)35-16-24(32)17-5-9-19(33-3)10-6-17/h5-12,25,30H,13-14,16H2,1-4H3. The highest BCUT2D eigenvalue weighted by Gasteiger charge is 2.42. The van der Waals surface area contributed by atoms with E-state index in [1.807, 2.05) is 24.3 Å². The zero-order valence-electron chi connectivity index (χ0n) is 20.3. The molecule has 2 aromatic carbocycles. The Morgan fingerprint density at radius 3 is 2.23 bits per heavy atom. The molecule has 6 nitrogen and oxygen atoms in total. The first-order valence-corrected chi connectivity index (χ1v) is 12.4. The monoisotopic (exact) mass is 488 g/mol. The second-order valence-corrected chi connectivity index (χ2v) is 10.4. The SMILES string of the molecule is COc1ccc(C(=O)CSC2=C(C#N)C(c3ccc(OC)cc3)C3=C(CC(C)(C)CC3=O)N2)cc1. The number of ether oxygens (including phenoxy) is 2. The third-order valence-electron chi connectivity index (χ3n) is 6.34. The molecule has 0 saturated carbocycles. The summed E-state index contributed by atoms with van der Waals surface area (Å²) in [5, 5.41) is 14.2. The second kappa shape index (κ2) is 10.0. The Kier molecular flexibility index (Phi) is 7.04. The maximum atomic E-state index is 13.3. The van der Waals surface area contributed by atoms with Crippen LogP contribution in [0.5, 0.6) is 11.5 Å². The highest BCUT2D eigenvalue weighted by molar-refractivity contribution is 8.03. The van der Waals surface area contributed by atoms with Crippen molar-refractivity contribution in [3.63, 3.8) is 0 Å². The van der Waals surface area contributed by atoms with Gasteiger partial charge in [-0.05, 0) is 53.8 Å². The molecule has 1 atom stereocenters. The molecule has 35 heavy (non-hydrogen) atoms. The molecule has 0 amide bonds. The van der Waals surface area contributed by atoms with E-state index in [0.29, 0.717) is 46.1 Å². The number of nitrogens with one attached hydrogen (secondary N) is 1. The third-order valence-corrected chi connectivity index (χ3v) is 7.35. The molecule has 1 unspecified atom stereocenters. The quantitative estimate of drug-likeness (QED) is 0.523. The van der Waals surface area contributed by atoms with Gasteiger partial charge in [0.25, 0.3) is 0 Å². The normalized spacial score (nSPS) is 18.9. The molecule has 1 N–H and O–H groups in total. The van der Waals surface area contributed by atoms with Crippen LogP contribution >= 0.6 is 11.8 Å². The minimum absolute atomic E-state index is 0.0509. The first kappa shape index (κ1) is 24.6. The predicted molar refractivity (Wildman–Crippen MR) is 136 cm³/mol. The first-order chi connectivity index (χ1) is 16.8. The number of dihydropyridines is 1. The fraction of sp³-hybridized carbons (Fsp3) is 0.321. The van der Waals surface area contributed by atoms with Crippen molar-refractivity contribution in [1.82, 2.24) is 5.32 Å². The maximum absolute atomic E-state index is 13.3. The van der Waals surface area contributed by atoms with Gasteiger partial charge in [0.2, 0.25) is 0 Å². The van der Waals surface area contributed by atoms with Crippen LogP contribution in [0.15, 0.2) is 70.4 Å². The molecule has 0 fully saturated rings. The molecule has 0 aromatic heterocycles. The minimum atomic E-state index is -0.482. The summed E-state index contributed by atoms with van der Waals surface area (Å²) in [7, 11) is 3.18. The van der Waals surface area contributed by atoms with Crippen molar-refractivity contribution in [2.45, 2.75) is 32.6 Å². The number of benzene rings is 2. The lowest BCUT2D eigenvalue weighted by molar-refractivity contribution is -0.118. The van der Waals surface area contributed by atoms with E-state index in [1.54, 1.807) is 38.5 Å². The summed E-state index contributed by atoms with van der Waals surface area (Å²) < 4.78 is 10.5. The number of hydrogen-bond donors (Lipinski definition) is 1. The molecule has 180 valence electrons. The highest BCUT2D eigenvalue weighted by atomic mass is 32.2. The lowest BCUT2D eigenvalue weighted by atomic mass is 9.69. The molecule has 0 saturated heterocycles. The van der Waals surface area contributed by atoms with Crippen LogP contribution in [0.2, 0.25) is 0 Å². The van der Waals surface area contributed by atoms with Crippen LogP contribution in [0.25, 0.3) is 0 Å². The van der Waals surface area contributed by atoms with Crippen LogP contribution in [0.3, 0.4) is 0 Å². The summed E-state index contributed by atoms with van der Waals surface area (Å²) >= 11 is 1.30. The zero-order valence-corrected chi connectivity index (χ0v) is 21.1. The van der Waals surface area contributed by atoms with Crippen molar-refractivity contribution in [1.29, 1.82) is 5.26 Å². The summed E-state index contributed by atoms with van der Waals surface area (Å²) in [5.41, 5.74) is 3.18. The largest absolute Gasteiger partial charge is 0.497 e. The zero-order chi connectivity index (χ0) is 25.2. The second-order valence-electron chi connectivity index (χ2n) is 9.46. The first-order valence-electron chi connectivity index (χ1n) is 11.4. The Morgan fingerprint density at radius 1 is 1.06 bits per heavy atom. The number of thioether (sulfide) groups is 1. The molecule has 0 radical (unpaired) electrons. The van der Waals surface area contributed by atoms with E-state index < -0.39 is 5.92 Å². The number of ketones is 2. The molecule has 7 heteroatoms. The molecule has 2 aromatic rings. The summed E-state index contributed by atoms with van der Waals surface area (Å²) in [5.74, 6) is 1.07. The van der Waals surface area contributed by atoms with Crippen molar-refractivity contribution in [2.24, 2.45) is 5.41 Å². The van der Waals surface area contributed by atoms with Crippen LogP contribution in [0.1, 0.15) is 48.5 Å². The molecular formula is C28H28N2O4S. The van der Waals surface area contributed by atoms with Gasteiger partial charge in [-0.25, -0.2) is 0 Å². The number of carbonyl (C=O) groups excluding carboxylic acids is 2. The van der Waals surface area contributed by atoms with E-state index >= 15 is 0 Å². The van der Waals surface area contributed by atoms with Gasteiger partial charge in [0.1, 0.15) is 11.5 Å². The van der Waals surface area contributed by atoms with E-state index in [2.05, 4.69) is 25.2 Å². The summed E-state index contributed by atoms with van der Waals surface area (Å²) in [6.45, 7) is 4.14. The van der Waals surface area contributed by atoms with Crippen molar-refractivity contribution >= 4 is 23.3 Å². The molecule has 1 heterocycles. The van der Waals surface area contributed by atoms with Gasteiger partial charge in [-0.1, -0.05) is 37.7 Å². The Balaban J connectivity index is 1.69. The number of carbonyl (C=O) groups is 2. The molecule has 4 rings (SSSR count). The number of rotatable bonds is 7. The molecule has 1 aliphatic heterocycles. The topological polar surface area (TPSA) is 88.4 Å². The van der Waals surface area contributed by atoms with Crippen molar-refractivity contribution in [2.75, 3.05) is 20.0 Å². The molecule has 1 aliphatic carbocycles. The van der Waals surface area contributed by atoms with Gasteiger partial charge in [0, 0.05) is 23.3 Å². The lowest BCUT2D eigenvalue weighted by Crippen LogP contribution is -2.37. The van der Waals surface area contributed by atoms with Gasteiger partial charge < -0.3 is 14.8 Å². The summed E-state index contributed by atoms with van der Waals surface area (Å²) in [6.07, 6.45) is 1.12. The average Bonchev–Trinajstić information content (AvgIpc) is 2.85. The van der Waals surface area contributed by atoms with Gasteiger partial charge in [0.15, 0.2) is 11.6 Å². The van der Waals surface area contributed by atoms with Crippen molar-refractivity contribution in [3.05, 3.63) is 81.5 Å². The van der Waals surface area contributed by atoms with Crippen molar-refractivity contribution in [3.8, 4) is 17.6 Å². The van der Waals surface area contributed by atoms with Gasteiger partial charge in [0.05, 0.1) is 42.6 Å². The predicted octanol–water partition coefficient (Wildman–Crippen LogP) is 5.39. The fourth-order valence-corrected chi connectivity index (χ4v) is 5.57. The number of methoxy groups -OCH3 is 2. The van der Waals surface area contributed by atoms with Crippen LogP contribution in [0, 0.1) is 16.7 Å². The minimum Gasteiger partial charge on any atom is -0.497 e. The Labute approximate surface area is 210 Å². The summed E-state index contributed by atoms with van der Waals surface area (Å²) in [6, 6.07) is 16.8. The number of hydrogen-bond acceptors (Lipinski definition) is 7. The Morgan fingerprint density at radius 2 is 1.66 bits per heavy atom. The Hall–Kier alpha value is -3.50. The van der Waals surface area contributed by atoms with Crippen LogP contribution in [0.4, 0.5) is 0 Å². The van der Waals surface area contributed by atoms with E-state index in [0.717, 1.165) is 11.3 Å². The number of nitriles is 1. The van der Waals surface area contributed by atoms with E-state index in [-0.39, 0.29) is 22.7 Å². The molecule has 0 bridgehead atoms. The average molecular weight is 489 g/mol. The van der Waals surface area contributed by atoms with Crippen LogP contribution in [-0.4, -0.2) is 31.5 Å². The molecule has 0 spiro atoms. The Bertz CT molecular complexity index is 1250. The third kappa shape index (κ3) is 5.13. The number of nitrogens with zero attached hydrogens (tertiary/aromatic N) is 1. The van der Waals surface area contributed by atoms with Gasteiger partial charge >= 0.3 is 0 Å². The smallest absolute Gasteiger partial charge is 0.173 e. The van der Waals surface area contributed by atoms with Gasteiger partial charge in [-0.3, -0.25) is 9.59 Å². The van der Waals surface area contributed by atoms with Crippen LogP contribution in [-0.2, 0) is 4.79 Å². The van der Waals surface area contributed by atoms with E-state index in [4.69, 9.17) is 9.47 Å². The number of allylic oxidation sites excluding steroid dienone is 3. The highest BCUT2D eigenvalue weighted by Crippen LogP contribution is 2.48.